The van der Waals surface area contributed by atoms with E-state index in [1.54, 1.807) is 0 Å². The quantitative estimate of drug-likeness (QED) is 0.476. The smallest absolute Gasteiger partial charge is 0.304 e. The van der Waals surface area contributed by atoms with Gasteiger partial charge in [0.2, 0.25) is 0 Å². The van der Waals surface area contributed by atoms with Gasteiger partial charge in [0.15, 0.2) is 14.8 Å². The maximum Gasteiger partial charge on any atom is 0.304 e. The lowest BCUT2D eigenvalue weighted by Gasteiger charge is -2.01. The van der Waals surface area contributed by atoms with Gasteiger partial charge in [0.25, 0.3) is 0 Å². The van der Waals surface area contributed by atoms with Gasteiger partial charge in [-0.2, -0.15) is 0 Å². The SMILES string of the molecule is COCCNc1sc(S(C)(=O)=O)cc1[N+](=O)[O-]. The summed E-state index contributed by atoms with van der Waals surface area (Å²) in [4.78, 5) is 10.1. The number of nitrogens with zero attached hydrogens (tertiary/aromatic N) is 1. The van der Waals surface area contributed by atoms with Gasteiger partial charge in [-0.05, 0) is 0 Å². The Kier molecular flexibility index (Phi) is 4.43. The van der Waals surface area contributed by atoms with Crippen molar-refractivity contribution >= 4 is 31.9 Å². The third-order valence-electron chi connectivity index (χ3n) is 1.84. The van der Waals surface area contributed by atoms with Gasteiger partial charge in [-0.1, -0.05) is 11.3 Å². The molecule has 9 heteroatoms. The van der Waals surface area contributed by atoms with Gasteiger partial charge in [-0.15, -0.1) is 0 Å². The Morgan fingerprint density at radius 2 is 2.24 bits per heavy atom. The van der Waals surface area contributed by atoms with Gasteiger partial charge in [0.05, 0.1) is 11.5 Å². The highest BCUT2D eigenvalue weighted by atomic mass is 32.2. The van der Waals surface area contributed by atoms with E-state index < -0.39 is 14.8 Å². The molecule has 1 N–H and O–H groups in total. The summed E-state index contributed by atoms with van der Waals surface area (Å²) in [7, 11) is -1.92. The number of rotatable bonds is 6. The molecule has 0 radical (unpaired) electrons. The Bertz CT molecular complexity index is 508. The number of methoxy groups -OCH3 is 1. The molecule has 1 aromatic heterocycles. The van der Waals surface area contributed by atoms with E-state index in [0.29, 0.717) is 13.2 Å². The molecule has 0 aliphatic carbocycles. The Hall–Kier alpha value is -1.19. The molecule has 0 bridgehead atoms. The van der Waals surface area contributed by atoms with E-state index in [4.69, 9.17) is 4.74 Å². The highest BCUT2D eigenvalue weighted by Crippen LogP contribution is 2.36. The van der Waals surface area contributed by atoms with Gasteiger partial charge < -0.3 is 10.1 Å². The average Bonchev–Trinajstić information content (AvgIpc) is 2.61. The molecule has 1 rings (SSSR count). The molecule has 0 aliphatic rings. The molecular weight excluding hydrogens is 268 g/mol. The van der Waals surface area contributed by atoms with Crippen molar-refractivity contribution in [1.29, 1.82) is 0 Å². The number of hydrogen-bond acceptors (Lipinski definition) is 7. The lowest BCUT2D eigenvalue weighted by molar-refractivity contribution is -0.383. The van der Waals surface area contributed by atoms with E-state index in [1.165, 1.54) is 7.11 Å². The lowest BCUT2D eigenvalue weighted by Crippen LogP contribution is -2.07. The summed E-state index contributed by atoms with van der Waals surface area (Å²) < 4.78 is 27.3. The molecule has 0 amide bonds. The summed E-state index contributed by atoms with van der Waals surface area (Å²) in [6.45, 7) is 0.754. The fourth-order valence-corrected chi connectivity index (χ4v) is 3.04. The predicted molar refractivity (Wildman–Crippen MR) is 64.4 cm³/mol. The lowest BCUT2D eigenvalue weighted by atomic mass is 10.5. The fourth-order valence-electron chi connectivity index (χ4n) is 1.07. The van der Waals surface area contributed by atoms with Crippen molar-refractivity contribution in [2.24, 2.45) is 0 Å². The van der Waals surface area contributed by atoms with E-state index in [9.17, 15) is 18.5 Å². The molecule has 96 valence electrons. The predicted octanol–water partition coefficient (Wildman–Crippen LogP) is 1.12. The van der Waals surface area contributed by atoms with Crippen molar-refractivity contribution in [2.45, 2.75) is 4.21 Å². The second-order valence-electron chi connectivity index (χ2n) is 3.23. The van der Waals surface area contributed by atoms with Gasteiger partial charge >= 0.3 is 5.69 Å². The van der Waals surface area contributed by atoms with E-state index in [2.05, 4.69) is 5.32 Å². The molecule has 17 heavy (non-hydrogen) atoms. The number of hydrogen-bond donors (Lipinski definition) is 1. The first-order chi connectivity index (χ1) is 7.86. The van der Waals surface area contributed by atoms with Gasteiger partial charge in [0.1, 0.15) is 4.21 Å². The molecule has 7 nitrogen and oxygen atoms in total. The van der Waals surface area contributed by atoms with Crippen LogP contribution in [0.25, 0.3) is 0 Å². The third kappa shape index (κ3) is 3.65. The maximum atomic E-state index is 11.3. The summed E-state index contributed by atoms with van der Waals surface area (Å²) in [5.41, 5.74) is -0.230. The molecule has 0 spiro atoms. The monoisotopic (exact) mass is 280 g/mol. The molecule has 1 aromatic rings. The standard InChI is InChI=1S/C8H12N2O5S2/c1-15-4-3-9-8-6(10(11)12)5-7(16-8)17(2,13)14/h5,9H,3-4H2,1-2H3. The number of ether oxygens (including phenoxy) is 1. The summed E-state index contributed by atoms with van der Waals surface area (Å²) in [6.07, 6.45) is 1.02. The van der Waals surface area contributed by atoms with E-state index >= 15 is 0 Å². The fraction of sp³-hybridized carbons (Fsp3) is 0.500. The number of thiophene rings is 1. The normalized spacial score (nSPS) is 11.4. The summed E-state index contributed by atoms with van der Waals surface area (Å²) in [5, 5.41) is 13.7. The molecule has 1 heterocycles. The summed E-state index contributed by atoms with van der Waals surface area (Å²) in [5.74, 6) is 0. The highest BCUT2D eigenvalue weighted by molar-refractivity contribution is 7.92. The molecule has 0 unspecified atom stereocenters. The van der Waals surface area contributed by atoms with Crippen LogP contribution in [0.3, 0.4) is 0 Å². The largest absolute Gasteiger partial charge is 0.383 e. The molecule has 0 aliphatic heterocycles. The Morgan fingerprint density at radius 1 is 1.59 bits per heavy atom. The first kappa shape index (κ1) is 13.9. The van der Waals surface area contributed by atoms with Crippen LogP contribution in [0.15, 0.2) is 10.3 Å². The number of nitro groups is 1. The Balaban J connectivity index is 3.02. The summed E-state index contributed by atoms with van der Waals surface area (Å²) in [6, 6.07) is 1.06. The van der Waals surface area contributed by atoms with Gasteiger partial charge in [0, 0.05) is 26.0 Å². The van der Waals surface area contributed by atoms with E-state index in [1.807, 2.05) is 0 Å². The van der Waals surface area contributed by atoms with Crippen molar-refractivity contribution in [1.82, 2.24) is 0 Å². The molecule has 0 fully saturated rings. The van der Waals surface area contributed by atoms with Crippen molar-refractivity contribution in [3.05, 3.63) is 16.2 Å². The van der Waals surface area contributed by atoms with Crippen molar-refractivity contribution < 1.29 is 18.1 Å². The van der Waals surface area contributed by atoms with Crippen LogP contribution in [-0.2, 0) is 14.6 Å². The Morgan fingerprint density at radius 3 is 2.71 bits per heavy atom. The molecule has 0 saturated heterocycles. The molecular formula is C8H12N2O5S2. The third-order valence-corrected chi connectivity index (χ3v) is 4.73. The second-order valence-corrected chi connectivity index (χ2v) is 6.52. The minimum atomic E-state index is -3.43. The van der Waals surface area contributed by atoms with Gasteiger partial charge in [-0.25, -0.2) is 8.42 Å². The second kappa shape index (κ2) is 5.43. The average molecular weight is 280 g/mol. The topological polar surface area (TPSA) is 98.5 Å². The van der Waals surface area contributed by atoms with E-state index in [-0.39, 0.29) is 14.9 Å². The zero-order chi connectivity index (χ0) is 13.1. The number of anilines is 1. The zero-order valence-corrected chi connectivity index (χ0v) is 10.9. The van der Waals surface area contributed by atoms with Crippen LogP contribution in [0.2, 0.25) is 0 Å². The van der Waals surface area contributed by atoms with Crippen molar-refractivity contribution in [3.8, 4) is 0 Å². The minimum absolute atomic E-state index is 0.0240. The van der Waals surface area contributed by atoms with Crippen molar-refractivity contribution in [2.75, 3.05) is 31.8 Å². The van der Waals surface area contributed by atoms with Crippen LogP contribution < -0.4 is 5.32 Å². The van der Waals surface area contributed by atoms with Crippen LogP contribution in [-0.4, -0.2) is 39.9 Å². The highest BCUT2D eigenvalue weighted by Gasteiger charge is 2.23. The zero-order valence-electron chi connectivity index (χ0n) is 9.30. The van der Waals surface area contributed by atoms with Gasteiger partial charge in [-0.3, -0.25) is 10.1 Å². The summed E-state index contributed by atoms with van der Waals surface area (Å²) >= 11 is 0.849. The molecule has 0 aromatic carbocycles. The first-order valence-electron chi connectivity index (χ1n) is 4.57. The minimum Gasteiger partial charge on any atom is -0.383 e. The molecule has 0 atom stereocenters. The Labute approximate surface area is 102 Å². The van der Waals surface area contributed by atoms with Crippen LogP contribution in [0.1, 0.15) is 0 Å². The van der Waals surface area contributed by atoms with Crippen LogP contribution >= 0.6 is 11.3 Å². The van der Waals surface area contributed by atoms with Crippen molar-refractivity contribution in [3.63, 3.8) is 0 Å². The number of sulfone groups is 1. The van der Waals surface area contributed by atoms with Crippen LogP contribution in [0.4, 0.5) is 10.7 Å². The number of nitrogens with one attached hydrogen (secondary N) is 1. The van der Waals surface area contributed by atoms with Crippen LogP contribution in [0, 0.1) is 10.1 Å². The van der Waals surface area contributed by atoms with E-state index in [0.717, 1.165) is 23.7 Å². The van der Waals surface area contributed by atoms with Crippen LogP contribution in [0.5, 0.6) is 0 Å². The molecule has 0 saturated carbocycles. The maximum absolute atomic E-state index is 11.3. The first-order valence-corrected chi connectivity index (χ1v) is 7.28.